The van der Waals surface area contributed by atoms with E-state index in [1.165, 1.54) is 18.4 Å². The van der Waals surface area contributed by atoms with Gasteiger partial charge in [0.15, 0.2) is 5.58 Å². The van der Waals surface area contributed by atoms with Crippen molar-refractivity contribution >= 4 is 26.9 Å². The van der Waals surface area contributed by atoms with Crippen LogP contribution < -0.4 is 0 Å². The summed E-state index contributed by atoms with van der Waals surface area (Å²) in [5, 5.41) is 9.24. The van der Waals surface area contributed by atoms with E-state index in [1.54, 1.807) is 0 Å². The predicted octanol–water partition coefficient (Wildman–Crippen LogP) is 2.83. The van der Waals surface area contributed by atoms with Gasteiger partial charge in [-0.2, -0.15) is 0 Å². The molecule has 0 radical (unpaired) electrons. The average molecular weight is 245 g/mol. The number of halogens is 2. The van der Waals surface area contributed by atoms with Crippen LogP contribution in [0.3, 0.4) is 0 Å². The van der Waals surface area contributed by atoms with Crippen LogP contribution in [0.25, 0.3) is 11.0 Å². The number of rotatable bonds is 1. The Labute approximate surface area is 82.1 Å². The van der Waals surface area contributed by atoms with Crippen LogP contribution in [0.4, 0.5) is 4.39 Å². The number of furan rings is 1. The predicted molar refractivity (Wildman–Crippen MR) is 49.8 cm³/mol. The number of aliphatic hydroxyl groups excluding tert-OH is 1. The number of benzene rings is 1. The van der Waals surface area contributed by atoms with E-state index in [4.69, 9.17) is 9.52 Å². The largest absolute Gasteiger partial charge is 0.463 e. The molecule has 0 fully saturated rings. The molecule has 0 saturated heterocycles. The number of aliphatic hydroxyl groups is 1. The van der Waals surface area contributed by atoms with Gasteiger partial charge in [0.2, 0.25) is 0 Å². The van der Waals surface area contributed by atoms with E-state index < -0.39 is 5.82 Å². The molecule has 0 aliphatic heterocycles. The van der Waals surface area contributed by atoms with Crippen LogP contribution in [0.15, 0.2) is 27.3 Å². The lowest BCUT2D eigenvalue weighted by Crippen LogP contribution is -1.90. The number of hydrogen-bond donors (Lipinski definition) is 1. The van der Waals surface area contributed by atoms with Crippen LogP contribution in [-0.4, -0.2) is 5.11 Å². The standard InChI is InChI=1S/C9H6BrFO2/c10-7-3-5(4-12)8(11)6-1-2-13-9(6)7/h1-3,12H,4H2. The second kappa shape index (κ2) is 3.12. The van der Waals surface area contributed by atoms with Gasteiger partial charge < -0.3 is 9.52 Å². The summed E-state index contributed by atoms with van der Waals surface area (Å²) in [4.78, 5) is 0. The first-order valence-corrected chi connectivity index (χ1v) is 4.48. The van der Waals surface area contributed by atoms with Crippen LogP contribution in [0.1, 0.15) is 5.56 Å². The van der Waals surface area contributed by atoms with E-state index in [9.17, 15) is 4.39 Å². The zero-order valence-electron chi connectivity index (χ0n) is 6.55. The first-order valence-electron chi connectivity index (χ1n) is 3.69. The molecule has 1 aromatic carbocycles. The van der Waals surface area contributed by atoms with Gasteiger partial charge in [-0.1, -0.05) is 0 Å². The molecule has 2 aromatic rings. The van der Waals surface area contributed by atoms with Crippen molar-refractivity contribution in [2.45, 2.75) is 6.61 Å². The van der Waals surface area contributed by atoms with Gasteiger partial charge in [-0.15, -0.1) is 0 Å². The molecular formula is C9H6BrFO2. The zero-order chi connectivity index (χ0) is 9.42. The topological polar surface area (TPSA) is 33.4 Å². The zero-order valence-corrected chi connectivity index (χ0v) is 8.14. The molecule has 0 spiro atoms. The lowest BCUT2D eigenvalue weighted by atomic mass is 10.1. The van der Waals surface area contributed by atoms with Gasteiger partial charge in [0.05, 0.1) is 22.7 Å². The minimum Gasteiger partial charge on any atom is -0.463 e. The quantitative estimate of drug-likeness (QED) is 0.837. The van der Waals surface area contributed by atoms with E-state index in [0.29, 0.717) is 15.4 Å². The molecule has 0 saturated carbocycles. The summed E-state index contributed by atoms with van der Waals surface area (Å²) in [5.74, 6) is -0.422. The van der Waals surface area contributed by atoms with Gasteiger partial charge in [-0.25, -0.2) is 4.39 Å². The summed E-state index contributed by atoms with van der Waals surface area (Å²) in [6, 6.07) is 3.05. The van der Waals surface area contributed by atoms with Gasteiger partial charge in [0, 0.05) is 5.56 Å². The Balaban J connectivity index is 2.85. The van der Waals surface area contributed by atoms with E-state index in [1.807, 2.05) is 0 Å². The average Bonchev–Trinajstić information content (AvgIpc) is 2.60. The maximum atomic E-state index is 13.4. The normalized spacial score (nSPS) is 11.0. The first-order chi connectivity index (χ1) is 6.24. The molecule has 0 amide bonds. The van der Waals surface area contributed by atoms with Crippen molar-refractivity contribution in [1.29, 1.82) is 0 Å². The maximum absolute atomic E-state index is 13.4. The molecule has 1 N–H and O–H groups in total. The van der Waals surface area contributed by atoms with Gasteiger partial charge >= 0.3 is 0 Å². The first kappa shape index (κ1) is 8.72. The Kier molecular flexibility index (Phi) is 2.09. The van der Waals surface area contributed by atoms with Gasteiger partial charge in [-0.3, -0.25) is 0 Å². The van der Waals surface area contributed by atoms with Crippen LogP contribution in [0, 0.1) is 5.82 Å². The third-order valence-corrected chi connectivity index (χ3v) is 2.46. The van der Waals surface area contributed by atoms with Gasteiger partial charge in [0.1, 0.15) is 5.82 Å². The molecule has 2 nitrogen and oxygen atoms in total. The third kappa shape index (κ3) is 1.26. The summed E-state index contributed by atoms with van der Waals surface area (Å²) in [5.41, 5.74) is 0.732. The highest BCUT2D eigenvalue weighted by atomic mass is 79.9. The van der Waals surface area contributed by atoms with Crippen molar-refractivity contribution in [3.63, 3.8) is 0 Å². The molecule has 1 aromatic heterocycles. The Bertz CT molecular complexity index is 450. The summed E-state index contributed by atoms with van der Waals surface area (Å²) < 4.78 is 19.2. The Morgan fingerprint density at radius 3 is 3.00 bits per heavy atom. The molecule has 0 unspecified atom stereocenters. The molecule has 1 heterocycles. The van der Waals surface area contributed by atoms with Gasteiger partial charge in [-0.05, 0) is 28.1 Å². The summed E-state index contributed by atoms with van der Waals surface area (Å²) >= 11 is 3.23. The highest BCUT2D eigenvalue weighted by Crippen LogP contribution is 2.29. The molecule has 0 atom stereocenters. The fourth-order valence-corrected chi connectivity index (χ4v) is 1.82. The highest BCUT2D eigenvalue weighted by Gasteiger charge is 2.12. The number of hydrogen-bond acceptors (Lipinski definition) is 2. The smallest absolute Gasteiger partial charge is 0.150 e. The van der Waals surface area contributed by atoms with Crippen LogP contribution in [-0.2, 0) is 6.61 Å². The fraction of sp³-hybridized carbons (Fsp3) is 0.111. The van der Waals surface area contributed by atoms with Crippen LogP contribution in [0.2, 0.25) is 0 Å². The molecule has 0 aliphatic carbocycles. The highest BCUT2D eigenvalue weighted by molar-refractivity contribution is 9.10. The lowest BCUT2D eigenvalue weighted by Gasteiger charge is -2.01. The summed E-state index contributed by atoms with van der Waals surface area (Å²) in [7, 11) is 0. The third-order valence-electron chi connectivity index (χ3n) is 1.87. The van der Waals surface area contributed by atoms with Crippen molar-refractivity contribution in [2.75, 3.05) is 0 Å². The van der Waals surface area contributed by atoms with E-state index in [-0.39, 0.29) is 12.2 Å². The summed E-state index contributed by atoms with van der Waals surface area (Å²) in [6.07, 6.45) is 1.42. The molecule has 0 aliphatic rings. The van der Waals surface area contributed by atoms with Crippen molar-refractivity contribution < 1.29 is 13.9 Å². The molecule has 68 valence electrons. The lowest BCUT2D eigenvalue weighted by molar-refractivity contribution is 0.276. The Hall–Kier alpha value is -0.870. The maximum Gasteiger partial charge on any atom is 0.150 e. The van der Waals surface area contributed by atoms with E-state index >= 15 is 0 Å². The van der Waals surface area contributed by atoms with Crippen molar-refractivity contribution in [3.8, 4) is 0 Å². The van der Waals surface area contributed by atoms with Crippen LogP contribution in [0.5, 0.6) is 0 Å². The Morgan fingerprint density at radius 2 is 2.31 bits per heavy atom. The molecule has 0 bridgehead atoms. The SMILES string of the molecule is OCc1cc(Br)c2occc2c1F. The monoisotopic (exact) mass is 244 g/mol. The van der Waals surface area contributed by atoms with E-state index in [0.717, 1.165) is 0 Å². The van der Waals surface area contributed by atoms with Gasteiger partial charge in [0.25, 0.3) is 0 Å². The van der Waals surface area contributed by atoms with Crippen molar-refractivity contribution in [3.05, 3.63) is 34.2 Å². The molecule has 4 heteroatoms. The molecule has 2 rings (SSSR count). The van der Waals surface area contributed by atoms with Crippen molar-refractivity contribution in [1.82, 2.24) is 0 Å². The number of fused-ring (bicyclic) bond motifs is 1. The second-order valence-corrected chi connectivity index (χ2v) is 3.51. The van der Waals surface area contributed by atoms with Crippen LogP contribution >= 0.6 is 15.9 Å². The second-order valence-electron chi connectivity index (χ2n) is 2.65. The van der Waals surface area contributed by atoms with Crippen molar-refractivity contribution in [2.24, 2.45) is 0 Å². The van der Waals surface area contributed by atoms with E-state index in [2.05, 4.69) is 15.9 Å². The fourth-order valence-electron chi connectivity index (χ4n) is 1.24. The minimum atomic E-state index is -0.422. The minimum absolute atomic E-state index is 0.265. The molecule has 13 heavy (non-hydrogen) atoms. The molecular weight excluding hydrogens is 239 g/mol. The Morgan fingerprint density at radius 1 is 1.54 bits per heavy atom. The summed E-state index contributed by atoms with van der Waals surface area (Å²) in [6.45, 7) is -0.314.